The summed E-state index contributed by atoms with van der Waals surface area (Å²) in [5.41, 5.74) is 0. The van der Waals surface area contributed by atoms with E-state index in [2.05, 4.69) is 16.7 Å². The molecule has 0 aromatic carbocycles. The second kappa shape index (κ2) is 14.5. The standard InChI is InChI=1S/C48H75NO3S/c1-4-16-40-33(11-1)35-21-19-30(26-42(35)50-40)49(31-20-22-36-34-12-2-5-17-41(34)51-43(36)27-31)29-10-7-9-28(25-29)32-14-8-15-37-38-23-24-45-46(48(38)52-47(32)37)39-13-3-6-18-44(39)53-45/h28-48H,1-27H2. The first-order valence-electron chi connectivity index (χ1n) is 24.6. The van der Waals surface area contributed by atoms with E-state index in [-0.39, 0.29) is 0 Å². The Kier molecular flexibility index (Phi) is 9.61. The van der Waals surface area contributed by atoms with Crippen LogP contribution in [0.15, 0.2) is 0 Å². The fourth-order valence-electron chi connectivity index (χ4n) is 17.9. The van der Waals surface area contributed by atoms with Crippen molar-refractivity contribution in [1.82, 2.24) is 4.90 Å². The SMILES string of the molecule is C1CCC2C(C1)OC1CC(N(C3CCCC(C4CCCC5C6CCC7SC8CCCCC8C7C6OC45)C3)C3CCC4C(C3)OC3CCCCC34)CCC12. The molecule has 0 amide bonds. The van der Waals surface area contributed by atoms with E-state index >= 15 is 0 Å². The first-order valence-corrected chi connectivity index (χ1v) is 25.6. The molecule has 0 bridgehead atoms. The molecule has 21 unspecified atom stereocenters. The molecule has 53 heavy (non-hydrogen) atoms. The predicted octanol–water partition coefficient (Wildman–Crippen LogP) is 11.0. The Bertz CT molecular complexity index is 1260. The maximum absolute atomic E-state index is 7.65. The minimum atomic E-state index is 0.543. The van der Waals surface area contributed by atoms with Gasteiger partial charge in [0.2, 0.25) is 0 Å². The van der Waals surface area contributed by atoms with Crippen LogP contribution >= 0.6 is 11.8 Å². The summed E-state index contributed by atoms with van der Waals surface area (Å²) >= 11 is 2.44. The van der Waals surface area contributed by atoms with Crippen LogP contribution in [0.5, 0.6) is 0 Å². The molecule has 4 nitrogen and oxygen atoms in total. The number of rotatable bonds is 4. The van der Waals surface area contributed by atoms with Crippen LogP contribution in [0, 0.1) is 59.2 Å². The highest BCUT2D eigenvalue weighted by molar-refractivity contribution is 8.00. The Morgan fingerprint density at radius 1 is 0.340 bits per heavy atom. The van der Waals surface area contributed by atoms with Crippen LogP contribution in [0.2, 0.25) is 0 Å². The van der Waals surface area contributed by atoms with Crippen LogP contribution in [0.25, 0.3) is 0 Å². The van der Waals surface area contributed by atoms with Crippen molar-refractivity contribution in [3.05, 3.63) is 0 Å². The summed E-state index contributed by atoms with van der Waals surface area (Å²) in [4.78, 5) is 3.29. The molecule has 0 radical (unpaired) electrons. The lowest BCUT2D eigenvalue weighted by Gasteiger charge is -2.52. The molecule has 12 fully saturated rings. The third kappa shape index (κ3) is 5.99. The van der Waals surface area contributed by atoms with Crippen molar-refractivity contribution in [3.63, 3.8) is 0 Å². The molecule has 21 atom stereocenters. The van der Waals surface area contributed by atoms with E-state index in [1.807, 2.05) is 0 Å². The molecule has 0 aromatic rings. The van der Waals surface area contributed by atoms with E-state index in [9.17, 15) is 0 Å². The summed E-state index contributed by atoms with van der Waals surface area (Å²) in [6, 6.07) is 2.23. The van der Waals surface area contributed by atoms with Gasteiger partial charge in [-0.3, -0.25) is 4.90 Å². The summed E-state index contributed by atoms with van der Waals surface area (Å²) in [5, 5.41) is 1.88. The van der Waals surface area contributed by atoms with Gasteiger partial charge in [0.1, 0.15) is 0 Å². The molecule has 12 rings (SSSR count). The molecular weight excluding hydrogens is 671 g/mol. The average Bonchev–Trinajstić information content (AvgIpc) is 3.97. The van der Waals surface area contributed by atoms with Crippen LogP contribution in [0.4, 0.5) is 0 Å². The molecule has 12 aliphatic rings. The zero-order valence-electron chi connectivity index (χ0n) is 33.3. The highest BCUT2D eigenvalue weighted by atomic mass is 32.2. The van der Waals surface area contributed by atoms with Gasteiger partial charge in [-0.05, 0) is 175 Å². The number of thioether (sulfide) groups is 1. The minimum Gasteiger partial charge on any atom is -0.374 e. The second-order valence-electron chi connectivity index (χ2n) is 21.9. The predicted molar refractivity (Wildman–Crippen MR) is 214 cm³/mol. The van der Waals surface area contributed by atoms with Gasteiger partial charge in [0.25, 0.3) is 0 Å². The van der Waals surface area contributed by atoms with Crippen molar-refractivity contribution in [1.29, 1.82) is 0 Å². The minimum absolute atomic E-state index is 0.543. The van der Waals surface area contributed by atoms with Crippen molar-refractivity contribution in [2.24, 2.45) is 59.2 Å². The molecule has 0 aromatic heterocycles. The quantitative estimate of drug-likeness (QED) is 0.286. The van der Waals surface area contributed by atoms with Crippen LogP contribution in [0.1, 0.15) is 173 Å². The largest absolute Gasteiger partial charge is 0.374 e. The normalized spacial score (nSPS) is 57.3. The van der Waals surface area contributed by atoms with Crippen LogP contribution in [-0.2, 0) is 14.2 Å². The van der Waals surface area contributed by atoms with Crippen molar-refractivity contribution >= 4 is 11.8 Å². The molecule has 4 aliphatic heterocycles. The fourth-order valence-corrected chi connectivity index (χ4v) is 20.0. The number of fused-ring (bicyclic) bond motifs is 13. The van der Waals surface area contributed by atoms with Gasteiger partial charge in [0.05, 0.1) is 36.6 Å². The lowest BCUT2D eigenvalue weighted by molar-refractivity contribution is -0.0873. The molecule has 5 heteroatoms. The zero-order valence-corrected chi connectivity index (χ0v) is 34.1. The smallest absolute Gasteiger partial charge is 0.0652 e. The molecule has 0 spiro atoms. The van der Waals surface area contributed by atoms with Crippen molar-refractivity contribution in [3.8, 4) is 0 Å². The Hall–Kier alpha value is 0.190. The topological polar surface area (TPSA) is 30.9 Å². The molecule has 8 saturated carbocycles. The van der Waals surface area contributed by atoms with E-state index in [1.165, 1.54) is 173 Å². The Morgan fingerprint density at radius 3 is 1.62 bits per heavy atom. The summed E-state index contributed by atoms with van der Waals surface area (Å²) in [6.07, 6.45) is 42.4. The number of nitrogens with zero attached hydrogens (tertiary/aromatic N) is 1. The van der Waals surface area contributed by atoms with Gasteiger partial charge in [-0.15, -0.1) is 0 Å². The van der Waals surface area contributed by atoms with E-state index in [0.717, 1.165) is 87.8 Å². The van der Waals surface area contributed by atoms with Crippen LogP contribution < -0.4 is 0 Å². The van der Waals surface area contributed by atoms with Crippen molar-refractivity contribution in [2.45, 2.75) is 239 Å². The summed E-state index contributed by atoms with van der Waals surface area (Å²) in [5.74, 6) is 8.81. The van der Waals surface area contributed by atoms with Gasteiger partial charge in [-0.2, -0.15) is 11.8 Å². The number of ether oxygens (including phenoxy) is 3. The lowest BCUT2D eigenvalue weighted by atomic mass is 9.62. The summed E-state index contributed by atoms with van der Waals surface area (Å²) in [7, 11) is 0. The van der Waals surface area contributed by atoms with Gasteiger partial charge in [0, 0.05) is 34.5 Å². The molecule has 296 valence electrons. The monoisotopic (exact) mass is 746 g/mol. The Morgan fingerprint density at radius 2 is 0.887 bits per heavy atom. The lowest BCUT2D eigenvalue weighted by Crippen LogP contribution is -2.56. The molecular formula is C48H75NO3S. The summed E-state index contributed by atoms with van der Waals surface area (Å²) in [6.45, 7) is 0. The first kappa shape index (κ1) is 35.2. The maximum atomic E-state index is 7.65. The Labute approximate surface area is 327 Å². The van der Waals surface area contributed by atoms with Gasteiger partial charge in [0.15, 0.2) is 0 Å². The first-order chi connectivity index (χ1) is 26.2. The molecule has 0 N–H and O–H groups in total. The number of hydrogen-bond donors (Lipinski definition) is 0. The Balaban J connectivity index is 0.792. The van der Waals surface area contributed by atoms with Gasteiger partial charge < -0.3 is 14.2 Å². The van der Waals surface area contributed by atoms with Crippen LogP contribution in [-0.4, -0.2) is 70.1 Å². The number of hydrogen-bond acceptors (Lipinski definition) is 5. The van der Waals surface area contributed by atoms with E-state index in [0.29, 0.717) is 36.6 Å². The van der Waals surface area contributed by atoms with Gasteiger partial charge >= 0.3 is 0 Å². The second-order valence-corrected chi connectivity index (χ2v) is 23.4. The third-order valence-corrected chi connectivity index (χ3v) is 21.7. The zero-order chi connectivity index (χ0) is 34.6. The highest BCUT2D eigenvalue weighted by Crippen LogP contribution is 2.62. The van der Waals surface area contributed by atoms with E-state index in [1.54, 1.807) is 0 Å². The van der Waals surface area contributed by atoms with E-state index in [4.69, 9.17) is 14.2 Å². The van der Waals surface area contributed by atoms with Crippen molar-refractivity contribution < 1.29 is 14.2 Å². The van der Waals surface area contributed by atoms with Gasteiger partial charge in [-0.25, -0.2) is 0 Å². The van der Waals surface area contributed by atoms with Crippen LogP contribution in [0.3, 0.4) is 0 Å². The average molecular weight is 746 g/mol. The molecule has 4 heterocycles. The molecule has 8 aliphatic carbocycles. The highest BCUT2D eigenvalue weighted by Gasteiger charge is 2.60. The van der Waals surface area contributed by atoms with E-state index < -0.39 is 0 Å². The van der Waals surface area contributed by atoms with Crippen molar-refractivity contribution in [2.75, 3.05) is 0 Å². The maximum Gasteiger partial charge on any atom is 0.0652 e. The fraction of sp³-hybridized carbons (Fsp3) is 1.00. The molecule has 4 saturated heterocycles. The van der Waals surface area contributed by atoms with Gasteiger partial charge in [-0.1, -0.05) is 51.4 Å². The third-order valence-electron chi connectivity index (χ3n) is 19.9. The summed E-state index contributed by atoms with van der Waals surface area (Å²) < 4.78 is 21.8.